The number of aromatic nitrogens is 2. The van der Waals surface area contributed by atoms with Crippen LogP contribution in [0.15, 0.2) is 30.5 Å². The Hall–Kier alpha value is -2.30. The van der Waals surface area contributed by atoms with E-state index in [2.05, 4.69) is 40.0 Å². The first-order valence-electron chi connectivity index (χ1n) is 9.18. The number of benzene rings is 1. The van der Waals surface area contributed by atoms with E-state index < -0.39 is 0 Å². The van der Waals surface area contributed by atoms with Crippen LogP contribution in [0.3, 0.4) is 0 Å². The summed E-state index contributed by atoms with van der Waals surface area (Å²) in [5, 5.41) is 10.3. The quantitative estimate of drug-likeness (QED) is 0.880. The van der Waals surface area contributed by atoms with Crippen LogP contribution >= 0.6 is 0 Å². The number of carbonyl (C=O) groups is 1. The van der Waals surface area contributed by atoms with Crippen molar-refractivity contribution < 1.29 is 4.79 Å². The number of urea groups is 1. The molecule has 2 aliphatic carbocycles. The van der Waals surface area contributed by atoms with Gasteiger partial charge >= 0.3 is 6.03 Å². The molecule has 1 aromatic carbocycles. The standard InChI is InChI=1S/C20H26N4O/c1-14-16(12-23-24(14)2)8-10-21-19(25)22-13-17-11-20(17)9-7-15-5-3-4-6-18(15)20/h3-6,12,17H,7-11,13H2,1-2H3,(H2,21,22,25)/t17-,20+/m1/s1. The summed E-state index contributed by atoms with van der Waals surface area (Å²) in [6, 6.07) is 8.74. The van der Waals surface area contributed by atoms with Crippen molar-refractivity contribution in [3.8, 4) is 0 Å². The summed E-state index contributed by atoms with van der Waals surface area (Å²) < 4.78 is 1.86. The Kier molecular flexibility index (Phi) is 4.02. The minimum Gasteiger partial charge on any atom is -0.338 e. The fraction of sp³-hybridized carbons (Fsp3) is 0.500. The van der Waals surface area contributed by atoms with Crippen molar-refractivity contribution in [2.45, 2.75) is 38.0 Å². The van der Waals surface area contributed by atoms with Crippen LogP contribution < -0.4 is 10.6 Å². The highest BCUT2D eigenvalue weighted by Crippen LogP contribution is 2.61. The summed E-state index contributed by atoms with van der Waals surface area (Å²) >= 11 is 0. The van der Waals surface area contributed by atoms with Crippen molar-refractivity contribution in [2.75, 3.05) is 13.1 Å². The van der Waals surface area contributed by atoms with Crippen molar-refractivity contribution in [2.24, 2.45) is 13.0 Å². The van der Waals surface area contributed by atoms with E-state index in [4.69, 9.17) is 0 Å². The molecule has 2 atom stereocenters. The van der Waals surface area contributed by atoms with Crippen LogP contribution in [-0.2, 0) is 25.3 Å². The van der Waals surface area contributed by atoms with Crippen LogP contribution in [0.2, 0.25) is 0 Å². The molecule has 1 heterocycles. The first kappa shape index (κ1) is 16.2. The van der Waals surface area contributed by atoms with E-state index in [0.29, 0.717) is 17.9 Å². The van der Waals surface area contributed by atoms with Crippen LogP contribution in [0.1, 0.15) is 35.2 Å². The van der Waals surface area contributed by atoms with E-state index >= 15 is 0 Å². The molecule has 1 saturated carbocycles. The third-order valence-electron chi connectivity index (χ3n) is 6.15. The molecule has 2 aromatic rings. The third kappa shape index (κ3) is 2.92. The number of carbonyl (C=O) groups excluding carboxylic acids is 1. The molecule has 5 heteroatoms. The van der Waals surface area contributed by atoms with Gasteiger partial charge in [-0.05, 0) is 55.2 Å². The van der Waals surface area contributed by atoms with Crippen LogP contribution in [-0.4, -0.2) is 28.9 Å². The molecule has 0 aliphatic heterocycles. The zero-order valence-corrected chi connectivity index (χ0v) is 15.0. The first-order valence-corrected chi connectivity index (χ1v) is 9.18. The summed E-state index contributed by atoms with van der Waals surface area (Å²) in [6.45, 7) is 3.46. The van der Waals surface area contributed by atoms with Gasteiger partial charge < -0.3 is 10.6 Å². The molecule has 0 saturated heterocycles. The van der Waals surface area contributed by atoms with E-state index in [0.717, 1.165) is 18.7 Å². The Morgan fingerprint density at radius 1 is 1.36 bits per heavy atom. The minimum absolute atomic E-state index is 0.0603. The SMILES string of the molecule is Cc1c(CCNC(=O)NC[C@H]2C[C@@]23CCc2ccccc23)cnn1C. The van der Waals surface area contributed by atoms with Gasteiger partial charge in [-0.25, -0.2) is 4.79 Å². The molecule has 25 heavy (non-hydrogen) atoms. The van der Waals surface area contributed by atoms with Gasteiger partial charge in [0.1, 0.15) is 0 Å². The second-order valence-corrected chi connectivity index (χ2v) is 7.48. The summed E-state index contributed by atoms with van der Waals surface area (Å²) in [5.74, 6) is 0.586. The van der Waals surface area contributed by atoms with E-state index in [-0.39, 0.29) is 6.03 Å². The number of nitrogens with zero attached hydrogens (tertiary/aromatic N) is 2. The lowest BCUT2D eigenvalue weighted by Crippen LogP contribution is -2.38. The average Bonchev–Trinajstić information content (AvgIpc) is 3.08. The molecule has 132 valence electrons. The van der Waals surface area contributed by atoms with Gasteiger partial charge in [0.2, 0.25) is 0 Å². The van der Waals surface area contributed by atoms with Crippen molar-refractivity contribution >= 4 is 6.03 Å². The molecule has 0 bridgehead atoms. The van der Waals surface area contributed by atoms with E-state index in [1.165, 1.54) is 36.0 Å². The van der Waals surface area contributed by atoms with Crippen molar-refractivity contribution in [3.05, 3.63) is 52.8 Å². The highest BCUT2D eigenvalue weighted by Gasteiger charge is 2.57. The lowest BCUT2D eigenvalue weighted by molar-refractivity contribution is 0.240. The maximum absolute atomic E-state index is 12.1. The van der Waals surface area contributed by atoms with Crippen LogP contribution in [0, 0.1) is 12.8 Å². The summed E-state index contributed by atoms with van der Waals surface area (Å²) in [4.78, 5) is 12.1. The summed E-state index contributed by atoms with van der Waals surface area (Å²) in [7, 11) is 1.94. The second-order valence-electron chi connectivity index (χ2n) is 7.48. The predicted molar refractivity (Wildman–Crippen MR) is 97.6 cm³/mol. The average molecular weight is 338 g/mol. The Labute approximate surface area is 148 Å². The Morgan fingerprint density at radius 2 is 2.20 bits per heavy atom. The van der Waals surface area contributed by atoms with Gasteiger partial charge in [0.25, 0.3) is 0 Å². The molecule has 4 rings (SSSR count). The molecular formula is C20H26N4O. The highest BCUT2D eigenvalue weighted by molar-refractivity contribution is 5.73. The van der Waals surface area contributed by atoms with Crippen LogP contribution in [0.4, 0.5) is 4.79 Å². The van der Waals surface area contributed by atoms with Gasteiger partial charge in [-0.15, -0.1) is 0 Å². The fourth-order valence-corrected chi connectivity index (χ4v) is 4.38. The maximum atomic E-state index is 12.1. The number of aryl methyl sites for hydroxylation is 2. The van der Waals surface area contributed by atoms with Gasteiger partial charge in [0.05, 0.1) is 6.20 Å². The molecule has 1 spiro atoms. The van der Waals surface area contributed by atoms with Crippen LogP contribution in [0.25, 0.3) is 0 Å². The minimum atomic E-state index is -0.0603. The molecule has 5 nitrogen and oxygen atoms in total. The fourth-order valence-electron chi connectivity index (χ4n) is 4.38. The Morgan fingerprint density at radius 3 is 3.00 bits per heavy atom. The molecule has 0 radical (unpaired) electrons. The molecule has 1 fully saturated rings. The third-order valence-corrected chi connectivity index (χ3v) is 6.15. The first-order chi connectivity index (χ1) is 12.1. The number of hydrogen-bond acceptors (Lipinski definition) is 2. The monoisotopic (exact) mass is 338 g/mol. The Balaban J connectivity index is 1.22. The molecule has 2 aliphatic rings. The van der Waals surface area contributed by atoms with Gasteiger partial charge in [0.15, 0.2) is 0 Å². The topological polar surface area (TPSA) is 59.0 Å². The molecule has 0 unspecified atom stereocenters. The lowest BCUT2D eigenvalue weighted by atomic mass is 9.95. The van der Waals surface area contributed by atoms with Gasteiger partial charge in [-0.3, -0.25) is 4.68 Å². The molecular weight excluding hydrogens is 312 g/mol. The predicted octanol–water partition coefficient (Wildman–Crippen LogP) is 2.47. The number of fused-ring (bicyclic) bond motifs is 2. The van der Waals surface area contributed by atoms with E-state index in [1.807, 2.05) is 24.9 Å². The van der Waals surface area contributed by atoms with Gasteiger partial charge in [-0.1, -0.05) is 24.3 Å². The largest absolute Gasteiger partial charge is 0.338 e. The van der Waals surface area contributed by atoms with Gasteiger partial charge in [-0.2, -0.15) is 5.10 Å². The van der Waals surface area contributed by atoms with E-state index in [9.17, 15) is 4.79 Å². The maximum Gasteiger partial charge on any atom is 0.314 e. The Bertz CT molecular complexity index is 797. The highest BCUT2D eigenvalue weighted by atomic mass is 16.2. The number of nitrogens with one attached hydrogen (secondary N) is 2. The molecule has 2 amide bonds. The van der Waals surface area contributed by atoms with Crippen LogP contribution in [0.5, 0.6) is 0 Å². The summed E-state index contributed by atoms with van der Waals surface area (Å²) in [5.41, 5.74) is 5.71. The van der Waals surface area contributed by atoms with Crippen molar-refractivity contribution in [1.82, 2.24) is 20.4 Å². The number of amides is 2. The zero-order chi connectivity index (χ0) is 17.4. The number of hydrogen-bond donors (Lipinski definition) is 2. The van der Waals surface area contributed by atoms with Crippen molar-refractivity contribution in [1.29, 1.82) is 0 Å². The normalized spacial score (nSPS) is 23.5. The number of rotatable bonds is 5. The zero-order valence-electron chi connectivity index (χ0n) is 15.0. The lowest BCUT2D eigenvalue weighted by Gasteiger charge is -2.12. The van der Waals surface area contributed by atoms with Gasteiger partial charge in [0, 0.05) is 31.2 Å². The molecule has 1 aromatic heterocycles. The van der Waals surface area contributed by atoms with E-state index in [1.54, 1.807) is 0 Å². The second kappa shape index (κ2) is 6.21. The molecule has 2 N–H and O–H groups in total. The smallest absolute Gasteiger partial charge is 0.314 e. The van der Waals surface area contributed by atoms with Crippen molar-refractivity contribution in [3.63, 3.8) is 0 Å². The summed E-state index contributed by atoms with van der Waals surface area (Å²) in [6.07, 6.45) is 6.32.